The third-order valence-corrected chi connectivity index (χ3v) is 5.46. The molecule has 0 spiro atoms. The van der Waals surface area contributed by atoms with Gasteiger partial charge in [-0.15, -0.1) is 0 Å². The van der Waals surface area contributed by atoms with Crippen LogP contribution in [0.3, 0.4) is 0 Å². The highest BCUT2D eigenvalue weighted by Crippen LogP contribution is 2.26. The molecule has 106 valence electrons. The van der Waals surface area contributed by atoms with Gasteiger partial charge in [0.2, 0.25) is 10.0 Å². The van der Waals surface area contributed by atoms with E-state index < -0.39 is 10.0 Å². The molecule has 1 aromatic heterocycles. The van der Waals surface area contributed by atoms with Crippen LogP contribution in [0.4, 0.5) is 5.82 Å². The van der Waals surface area contributed by atoms with Crippen LogP contribution in [0.5, 0.6) is 0 Å². The number of hydrogen-bond donors (Lipinski definition) is 2. The fraction of sp³-hybridized carbons (Fsp3) is 0.583. The van der Waals surface area contributed by atoms with Crippen LogP contribution in [0.2, 0.25) is 0 Å². The lowest BCUT2D eigenvalue weighted by Crippen LogP contribution is -2.37. The van der Waals surface area contributed by atoms with Gasteiger partial charge in [0.05, 0.1) is 0 Å². The van der Waals surface area contributed by atoms with E-state index in [9.17, 15) is 8.42 Å². The Balaban J connectivity index is 2.16. The van der Waals surface area contributed by atoms with E-state index in [0.717, 1.165) is 25.7 Å². The van der Waals surface area contributed by atoms with Crippen LogP contribution in [0.1, 0.15) is 32.6 Å². The van der Waals surface area contributed by atoms with Crippen LogP contribution in [0.25, 0.3) is 0 Å². The number of hydrogen-bond acceptors (Lipinski definition) is 4. The van der Waals surface area contributed by atoms with Crippen molar-refractivity contribution in [3.05, 3.63) is 16.7 Å². The Morgan fingerprint density at radius 2 is 2.00 bits per heavy atom. The van der Waals surface area contributed by atoms with E-state index in [1.54, 1.807) is 0 Å². The van der Waals surface area contributed by atoms with E-state index in [1.807, 2.05) is 0 Å². The summed E-state index contributed by atoms with van der Waals surface area (Å²) in [7, 11) is -3.60. The minimum absolute atomic E-state index is 0.000387. The van der Waals surface area contributed by atoms with Gasteiger partial charge < -0.3 is 5.73 Å². The summed E-state index contributed by atoms with van der Waals surface area (Å²) >= 11 is 3.21. The first-order chi connectivity index (χ1) is 8.88. The fourth-order valence-corrected chi connectivity index (χ4v) is 4.20. The molecular weight excluding hydrogens is 330 g/mol. The second-order valence-corrected chi connectivity index (χ2v) is 7.71. The van der Waals surface area contributed by atoms with Gasteiger partial charge in [-0.05, 0) is 53.6 Å². The fourth-order valence-electron chi connectivity index (χ4n) is 2.31. The lowest BCUT2D eigenvalue weighted by molar-refractivity contribution is 0.332. The Morgan fingerprint density at radius 1 is 1.37 bits per heavy atom. The molecule has 0 atom stereocenters. The summed E-state index contributed by atoms with van der Waals surface area (Å²) in [5.74, 6) is 0.707. The van der Waals surface area contributed by atoms with Gasteiger partial charge in [0.25, 0.3) is 0 Å². The van der Waals surface area contributed by atoms with Crippen LogP contribution in [0.15, 0.2) is 21.6 Å². The maximum Gasteiger partial charge on any atom is 0.244 e. The molecule has 0 aromatic carbocycles. The van der Waals surface area contributed by atoms with E-state index in [4.69, 9.17) is 5.73 Å². The van der Waals surface area contributed by atoms with Crippen molar-refractivity contribution in [2.24, 2.45) is 5.92 Å². The molecule has 19 heavy (non-hydrogen) atoms. The number of pyridine rings is 1. The first-order valence-corrected chi connectivity index (χ1v) is 8.59. The highest BCUT2D eigenvalue weighted by molar-refractivity contribution is 9.10. The average Bonchev–Trinajstić information content (AvgIpc) is 2.35. The van der Waals surface area contributed by atoms with Crippen molar-refractivity contribution in [2.45, 2.75) is 43.5 Å². The topological polar surface area (TPSA) is 85.1 Å². The standard InChI is InChI=1S/C12H18BrN3O2S/c1-8-2-4-10(5-3-8)16-19(17,18)11-6-9(13)7-15-12(11)14/h6-8,10,16H,2-5H2,1H3,(H2,14,15). The van der Waals surface area contributed by atoms with Gasteiger partial charge in [-0.25, -0.2) is 18.1 Å². The molecule has 0 unspecified atom stereocenters. The van der Waals surface area contributed by atoms with Crippen molar-refractivity contribution >= 4 is 31.8 Å². The van der Waals surface area contributed by atoms with E-state index in [-0.39, 0.29) is 16.8 Å². The first kappa shape index (κ1) is 14.7. The van der Waals surface area contributed by atoms with Crippen LogP contribution in [0, 0.1) is 5.92 Å². The predicted molar refractivity (Wildman–Crippen MR) is 78.1 cm³/mol. The zero-order valence-corrected chi connectivity index (χ0v) is 13.2. The summed E-state index contributed by atoms with van der Waals surface area (Å²) < 4.78 is 27.9. The van der Waals surface area contributed by atoms with E-state index in [2.05, 4.69) is 32.6 Å². The smallest absolute Gasteiger partial charge is 0.244 e. The molecule has 1 saturated carbocycles. The van der Waals surface area contributed by atoms with Crippen LogP contribution >= 0.6 is 15.9 Å². The number of aromatic nitrogens is 1. The Morgan fingerprint density at radius 3 is 2.63 bits per heavy atom. The summed E-state index contributed by atoms with van der Waals surface area (Å²) in [4.78, 5) is 3.90. The molecule has 0 amide bonds. The Hall–Kier alpha value is -0.660. The summed E-state index contributed by atoms with van der Waals surface area (Å²) in [6.07, 6.45) is 5.35. The number of rotatable bonds is 3. The van der Waals surface area contributed by atoms with E-state index in [0.29, 0.717) is 10.4 Å². The number of anilines is 1. The molecule has 3 N–H and O–H groups in total. The van der Waals surface area contributed by atoms with E-state index >= 15 is 0 Å². The quantitative estimate of drug-likeness (QED) is 0.878. The van der Waals surface area contributed by atoms with Crippen molar-refractivity contribution < 1.29 is 8.42 Å². The molecule has 1 heterocycles. The SMILES string of the molecule is CC1CCC(NS(=O)(=O)c2cc(Br)cnc2N)CC1. The molecule has 0 bridgehead atoms. The van der Waals surface area contributed by atoms with Crippen LogP contribution in [-0.4, -0.2) is 19.4 Å². The van der Waals surface area contributed by atoms with Gasteiger partial charge in [0.1, 0.15) is 10.7 Å². The lowest BCUT2D eigenvalue weighted by Gasteiger charge is -2.26. The van der Waals surface area contributed by atoms with Gasteiger partial charge in [-0.1, -0.05) is 6.92 Å². The average molecular weight is 348 g/mol. The molecule has 1 aromatic rings. The lowest BCUT2D eigenvalue weighted by atomic mass is 9.88. The maximum absolute atomic E-state index is 12.3. The molecule has 0 saturated heterocycles. The van der Waals surface area contributed by atoms with Crippen LogP contribution in [-0.2, 0) is 10.0 Å². The zero-order valence-electron chi connectivity index (χ0n) is 10.8. The van der Waals surface area contributed by atoms with Gasteiger partial charge in [-0.3, -0.25) is 0 Å². The van der Waals surface area contributed by atoms with Gasteiger partial charge in [-0.2, -0.15) is 0 Å². The summed E-state index contributed by atoms with van der Waals surface area (Å²) in [6, 6.07) is 1.48. The molecule has 2 rings (SSSR count). The highest BCUT2D eigenvalue weighted by Gasteiger charge is 2.26. The number of nitrogen functional groups attached to an aromatic ring is 1. The molecule has 1 aliphatic carbocycles. The maximum atomic E-state index is 12.3. The van der Waals surface area contributed by atoms with Gasteiger partial charge in [0, 0.05) is 16.7 Å². The van der Waals surface area contributed by atoms with Crippen molar-refractivity contribution in [3.8, 4) is 0 Å². The van der Waals surface area contributed by atoms with Crippen molar-refractivity contribution in [1.29, 1.82) is 0 Å². The summed E-state index contributed by atoms with van der Waals surface area (Å²) in [5.41, 5.74) is 5.65. The van der Waals surface area contributed by atoms with E-state index in [1.165, 1.54) is 12.3 Å². The highest BCUT2D eigenvalue weighted by atomic mass is 79.9. The minimum Gasteiger partial charge on any atom is -0.383 e. The molecular formula is C12H18BrN3O2S. The Labute approximate surface area is 122 Å². The predicted octanol–water partition coefficient (Wildman–Crippen LogP) is 2.28. The largest absolute Gasteiger partial charge is 0.383 e. The number of nitrogens with zero attached hydrogens (tertiary/aromatic N) is 1. The molecule has 0 aliphatic heterocycles. The third-order valence-electron chi connectivity index (χ3n) is 3.48. The van der Waals surface area contributed by atoms with Gasteiger partial charge >= 0.3 is 0 Å². The van der Waals surface area contributed by atoms with Gasteiger partial charge in [0.15, 0.2) is 0 Å². The zero-order chi connectivity index (χ0) is 14.0. The minimum atomic E-state index is -3.60. The first-order valence-electron chi connectivity index (χ1n) is 6.32. The number of sulfonamides is 1. The molecule has 1 aliphatic rings. The third kappa shape index (κ3) is 3.67. The van der Waals surface area contributed by atoms with Crippen molar-refractivity contribution in [1.82, 2.24) is 9.71 Å². The number of nitrogens with one attached hydrogen (secondary N) is 1. The second-order valence-electron chi connectivity index (χ2n) is 5.11. The summed E-state index contributed by atoms with van der Waals surface area (Å²) in [6.45, 7) is 2.20. The Kier molecular flexibility index (Phi) is 4.47. The normalized spacial score (nSPS) is 24.3. The van der Waals surface area contributed by atoms with Crippen LogP contribution < -0.4 is 10.5 Å². The molecule has 5 nitrogen and oxygen atoms in total. The molecule has 0 radical (unpaired) electrons. The molecule has 7 heteroatoms. The number of nitrogens with two attached hydrogens (primary N) is 1. The number of halogens is 1. The monoisotopic (exact) mass is 347 g/mol. The Bertz CT molecular complexity index is 554. The second kappa shape index (κ2) is 5.76. The van der Waals surface area contributed by atoms with Crippen molar-refractivity contribution in [2.75, 3.05) is 5.73 Å². The summed E-state index contributed by atoms with van der Waals surface area (Å²) in [5, 5.41) is 0. The van der Waals surface area contributed by atoms with Crippen molar-refractivity contribution in [3.63, 3.8) is 0 Å². The molecule has 1 fully saturated rings.